The van der Waals surface area contributed by atoms with Crippen LogP contribution in [0.1, 0.15) is 71.1 Å². The summed E-state index contributed by atoms with van der Waals surface area (Å²) in [7, 11) is 0. The normalized spacial score (nSPS) is 42.0. The Morgan fingerprint density at radius 1 is 0.929 bits per heavy atom. The molecule has 3 rings (SSSR count). The van der Waals surface area contributed by atoms with Crippen molar-refractivity contribution < 1.29 is 27.0 Å². The zero-order valence-corrected chi connectivity index (χ0v) is 16.8. The van der Waals surface area contributed by atoms with Crippen molar-refractivity contribution in [1.29, 1.82) is 0 Å². The summed E-state index contributed by atoms with van der Waals surface area (Å²) in [5.41, 5.74) is 0. The molecule has 2 saturated carbocycles. The van der Waals surface area contributed by atoms with Gasteiger partial charge in [0.1, 0.15) is 18.6 Å². The van der Waals surface area contributed by atoms with Gasteiger partial charge < -0.3 is 9.47 Å². The van der Waals surface area contributed by atoms with Crippen LogP contribution in [0.3, 0.4) is 0 Å². The molecule has 0 radical (unpaired) electrons. The van der Waals surface area contributed by atoms with Crippen molar-refractivity contribution >= 4 is 0 Å². The molecule has 0 N–H and O–H groups in total. The van der Waals surface area contributed by atoms with Crippen molar-refractivity contribution in [3.63, 3.8) is 0 Å². The number of rotatable bonds is 6. The maximum atomic E-state index is 14.4. The summed E-state index contributed by atoms with van der Waals surface area (Å²) >= 11 is 0. The van der Waals surface area contributed by atoms with Crippen LogP contribution in [-0.4, -0.2) is 31.2 Å². The molecule has 1 aliphatic heterocycles. The Bertz CT molecular complexity index is 483. The van der Waals surface area contributed by atoms with Crippen LogP contribution in [0.15, 0.2) is 12.3 Å². The molecule has 162 valence electrons. The van der Waals surface area contributed by atoms with Crippen molar-refractivity contribution in [2.45, 2.75) is 95.7 Å². The first kappa shape index (κ1) is 21.9. The van der Waals surface area contributed by atoms with Crippen molar-refractivity contribution in [2.24, 2.45) is 23.7 Å². The Labute approximate surface area is 166 Å². The predicted octanol–water partition coefficient (Wildman–Crippen LogP) is 6.60. The molecular weight excluding hydrogens is 372 g/mol. The van der Waals surface area contributed by atoms with E-state index in [1.54, 1.807) is 0 Å². The van der Waals surface area contributed by atoms with Crippen LogP contribution in [0.2, 0.25) is 0 Å². The monoisotopic (exact) mass is 406 g/mol. The minimum Gasteiger partial charge on any atom is -0.486 e. The molecule has 0 aromatic carbocycles. The highest BCUT2D eigenvalue weighted by Crippen LogP contribution is 2.44. The number of hydrogen-bond acceptors (Lipinski definition) is 2. The highest BCUT2D eigenvalue weighted by molar-refractivity contribution is 4.93. The molecule has 0 aromatic rings. The fourth-order valence-corrected chi connectivity index (χ4v) is 5.68. The van der Waals surface area contributed by atoms with E-state index in [9.17, 15) is 17.6 Å². The standard InChI is InChI=1S/C22H34F4O2/c1-2-3-14-4-9-20(27-12-14)16-7-5-15(6-8-16)17-10-18(23)22(19(24)11-17)28-13-21(25)26/h13-20,22H,2-12H2,1H3. The van der Waals surface area contributed by atoms with Crippen LogP contribution >= 0.6 is 0 Å². The van der Waals surface area contributed by atoms with Gasteiger partial charge in [0.25, 0.3) is 0 Å². The highest BCUT2D eigenvalue weighted by atomic mass is 19.3. The fourth-order valence-electron chi connectivity index (χ4n) is 5.68. The zero-order valence-electron chi connectivity index (χ0n) is 16.8. The summed E-state index contributed by atoms with van der Waals surface area (Å²) in [4.78, 5) is 0. The lowest BCUT2D eigenvalue weighted by molar-refractivity contribution is -0.0738. The maximum Gasteiger partial charge on any atom is 0.304 e. The number of alkyl halides is 2. The van der Waals surface area contributed by atoms with Gasteiger partial charge in [0.15, 0.2) is 6.10 Å². The molecule has 0 spiro atoms. The van der Waals surface area contributed by atoms with Gasteiger partial charge in [0.2, 0.25) is 0 Å². The summed E-state index contributed by atoms with van der Waals surface area (Å²) in [5, 5.41) is 0. The molecule has 4 unspecified atom stereocenters. The van der Waals surface area contributed by atoms with E-state index in [2.05, 4.69) is 11.7 Å². The average molecular weight is 407 g/mol. The minimum atomic E-state index is -2.06. The molecule has 6 heteroatoms. The third-order valence-electron chi connectivity index (χ3n) is 7.19. The lowest BCUT2D eigenvalue weighted by Crippen LogP contribution is -2.44. The molecule has 0 aromatic heterocycles. The summed E-state index contributed by atoms with van der Waals surface area (Å²) in [6.07, 6.45) is 3.36. The molecule has 2 aliphatic carbocycles. The molecule has 3 fully saturated rings. The van der Waals surface area contributed by atoms with Gasteiger partial charge in [-0.2, -0.15) is 8.78 Å². The van der Waals surface area contributed by atoms with Gasteiger partial charge in [0.05, 0.1) is 6.10 Å². The second-order valence-electron chi connectivity index (χ2n) is 9.05. The van der Waals surface area contributed by atoms with E-state index >= 15 is 0 Å². The van der Waals surface area contributed by atoms with Crippen molar-refractivity contribution in [3.05, 3.63) is 12.3 Å². The van der Waals surface area contributed by atoms with Gasteiger partial charge >= 0.3 is 6.08 Å². The van der Waals surface area contributed by atoms with Crippen LogP contribution in [0, 0.1) is 23.7 Å². The predicted molar refractivity (Wildman–Crippen MR) is 101 cm³/mol. The van der Waals surface area contributed by atoms with Crippen LogP contribution in [0.25, 0.3) is 0 Å². The van der Waals surface area contributed by atoms with E-state index in [1.807, 2.05) is 0 Å². The van der Waals surface area contributed by atoms with E-state index in [-0.39, 0.29) is 25.0 Å². The van der Waals surface area contributed by atoms with E-state index < -0.39 is 24.5 Å². The number of ether oxygens (including phenoxy) is 2. The van der Waals surface area contributed by atoms with Gasteiger partial charge in [-0.3, -0.25) is 0 Å². The summed E-state index contributed by atoms with van der Waals surface area (Å²) in [6.45, 7) is 3.09. The molecule has 0 amide bonds. The molecular formula is C22H34F4O2. The lowest BCUT2D eigenvalue weighted by atomic mass is 9.68. The Hall–Kier alpha value is -0.780. The van der Waals surface area contributed by atoms with Crippen LogP contribution in [0.5, 0.6) is 0 Å². The van der Waals surface area contributed by atoms with Crippen LogP contribution in [-0.2, 0) is 9.47 Å². The van der Waals surface area contributed by atoms with Crippen molar-refractivity contribution in [1.82, 2.24) is 0 Å². The van der Waals surface area contributed by atoms with Gasteiger partial charge in [-0.15, -0.1) is 0 Å². The number of hydrogen-bond donors (Lipinski definition) is 0. The summed E-state index contributed by atoms with van der Waals surface area (Å²) in [6, 6.07) is 0. The quantitative estimate of drug-likeness (QED) is 0.366. The van der Waals surface area contributed by atoms with E-state index in [0.717, 1.165) is 38.7 Å². The molecule has 1 saturated heterocycles. The molecule has 1 heterocycles. The maximum absolute atomic E-state index is 14.4. The van der Waals surface area contributed by atoms with E-state index in [1.165, 1.54) is 19.3 Å². The van der Waals surface area contributed by atoms with Crippen LogP contribution < -0.4 is 0 Å². The Balaban J connectivity index is 1.43. The van der Waals surface area contributed by atoms with Gasteiger partial charge in [-0.1, -0.05) is 13.3 Å². The second kappa shape index (κ2) is 10.3. The third-order valence-corrected chi connectivity index (χ3v) is 7.19. The molecule has 4 atom stereocenters. The summed E-state index contributed by atoms with van der Waals surface area (Å²) < 4.78 is 63.8. The Kier molecular flexibility index (Phi) is 8.07. The topological polar surface area (TPSA) is 18.5 Å². The Morgan fingerprint density at radius 2 is 1.57 bits per heavy atom. The first-order chi connectivity index (χ1) is 13.5. The lowest BCUT2D eigenvalue weighted by Gasteiger charge is -2.42. The first-order valence-electron chi connectivity index (χ1n) is 11.0. The average Bonchev–Trinajstić information content (AvgIpc) is 2.68. The highest BCUT2D eigenvalue weighted by Gasteiger charge is 2.43. The van der Waals surface area contributed by atoms with Crippen LogP contribution in [0.4, 0.5) is 17.6 Å². The second-order valence-corrected chi connectivity index (χ2v) is 9.05. The molecule has 28 heavy (non-hydrogen) atoms. The molecule has 0 bridgehead atoms. The van der Waals surface area contributed by atoms with Crippen molar-refractivity contribution in [2.75, 3.05) is 6.61 Å². The number of halogens is 4. The Morgan fingerprint density at radius 3 is 2.11 bits per heavy atom. The van der Waals surface area contributed by atoms with Crippen molar-refractivity contribution in [3.8, 4) is 0 Å². The fraction of sp³-hybridized carbons (Fsp3) is 0.909. The minimum absolute atomic E-state index is 0.0220. The molecule has 2 nitrogen and oxygen atoms in total. The van der Waals surface area contributed by atoms with Gasteiger partial charge in [-0.05, 0) is 81.5 Å². The smallest absolute Gasteiger partial charge is 0.304 e. The first-order valence-corrected chi connectivity index (χ1v) is 11.0. The summed E-state index contributed by atoms with van der Waals surface area (Å²) in [5.74, 6) is 1.57. The largest absolute Gasteiger partial charge is 0.486 e. The van der Waals surface area contributed by atoms with Gasteiger partial charge in [0, 0.05) is 6.61 Å². The molecule has 3 aliphatic rings. The van der Waals surface area contributed by atoms with Gasteiger partial charge in [-0.25, -0.2) is 8.78 Å². The zero-order chi connectivity index (χ0) is 20.1. The third kappa shape index (κ3) is 5.64. The van der Waals surface area contributed by atoms with E-state index in [0.29, 0.717) is 23.9 Å². The van der Waals surface area contributed by atoms with E-state index in [4.69, 9.17) is 4.74 Å². The SMILES string of the molecule is CCCC1CCC(C2CCC(C3CC(F)C(OC=C(F)F)C(F)C3)CC2)OC1.